The molecule has 0 radical (unpaired) electrons. The molecular weight excluding hydrogens is 228 g/mol. The molecule has 3 rings (SSSR count). The van der Waals surface area contributed by atoms with E-state index >= 15 is 0 Å². The maximum Gasteiger partial charge on any atom is 0.314 e. The molecule has 0 saturated heterocycles. The fourth-order valence-corrected chi connectivity index (χ4v) is 3.09. The molecule has 1 aliphatic rings. The zero-order valence-corrected chi connectivity index (χ0v) is 10.4. The van der Waals surface area contributed by atoms with Crippen molar-refractivity contribution < 1.29 is 14.3 Å². The summed E-state index contributed by atoms with van der Waals surface area (Å²) in [6.07, 6.45) is 5.02. The van der Waals surface area contributed by atoms with Crippen molar-refractivity contribution in [2.24, 2.45) is 0 Å². The SMILES string of the molecule is Cc1ccc2occ(C3(C(=O)O)CCCC3)c2c1. The monoisotopic (exact) mass is 244 g/mol. The standard InChI is InChI=1S/C15H16O3/c1-10-4-5-13-11(8-10)12(9-18-13)15(14(16)17)6-2-3-7-15/h4-5,8-9H,2-3,6-7H2,1H3,(H,16,17). The van der Waals surface area contributed by atoms with E-state index in [1.807, 2.05) is 25.1 Å². The molecule has 1 saturated carbocycles. The van der Waals surface area contributed by atoms with Crippen molar-refractivity contribution in [1.29, 1.82) is 0 Å². The number of furan rings is 1. The third kappa shape index (κ3) is 1.47. The Kier molecular flexibility index (Phi) is 2.44. The minimum atomic E-state index is -0.737. The number of rotatable bonds is 2. The Labute approximate surface area is 105 Å². The van der Waals surface area contributed by atoms with Crippen LogP contribution in [-0.4, -0.2) is 11.1 Å². The lowest BCUT2D eigenvalue weighted by molar-refractivity contribution is -0.143. The van der Waals surface area contributed by atoms with E-state index < -0.39 is 11.4 Å². The molecule has 0 amide bonds. The first-order valence-corrected chi connectivity index (χ1v) is 6.35. The predicted octanol–water partition coefficient (Wildman–Crippen LogP) is 3.64. The van der Waals surface area contributed by atoms with Crippen molar-refractivity contribution in [1.82, 2.24) is 0 Å². The molecule has 0 unspecified atom stereocenters. The molecule has 0 spiro atoms. The fourth-order valence-electron chi connectivity index (χ4n) is 3.09. The molecule has 1 heterocycles. The van der Waals surface area contributed by atoms with Gasteiger partial charge in [0.2, 0.25) is 0 Å². The van der Waals surface area contributed by atoms with Crippen LogP contribution in [-0.2, 0) is 10.2 Å². The van der Waals surface area contributed by atoms with Gasteiger partial charge in [-0.1, -0.05) is 24.5 Å². The highest BCUT2D eigenvalue weighted by Crippen LogP contribution is 2.44. The summed E-state index contributed by atoms with van der Waals surface area (Å²) in [4.78, 5) is 11.7. The number of aryl methyl sites for hydroxylation is 1. The first kappa shape index (κ1) is 11.3. The molecule has 1 fully saturated rings. The maximum absolute atomic E-state index is 11.7. The second kappa shape index (κ2) is 3.87. The van der Waals surface area contributed by atoms with Crippen LogP contribution in [0.1, 0.15) is 36.8 Å². The number of fused-ring (bicyclic) bond motifs is 1. The van der Waals surface area contributed by atoms with Gasteiger partial charge in [0.15, 0.2) is 0 Å². The Morgan fingerprint density at radius 2 is 2.06 bits per heavy atom. The average Bonchev–Trinajstić information content (AvgIpc) is 2.94. The summed E-state index contributed by atoms with van der Waals surface area (Å²) in [7, 11) is 0. The smallest absolute Gasteiger partial charge is 0.314 e. The molecule has 94 valence electrons. The summed E-state index contributed by atoms with van der Waals surface area (Å²) >= 11 is 0. The Morgan fingerprint density at radius 3 is 2.72 bits per heavy atom. The number of hydrogen-bond acceptors (Lipinski definition) is 2. The number of carboxylic acids is 1. The van der Waals surface area contributed by atoms with Gasteiger partial charge in [0, 0.05) is 10.9 Å². The van der Waals surface area contributed by atoms with Crippen molar-refractivity contribution in [3.63, 3.8) is 0 Å². The van der Waals surface area contributed by atoms with Crippen molar-refractivity contribution in [2.45, 2.75) is 38.0 Å². The zero-order chi connectivity index (χ0) is 12.8. The van der Waals surface area contributed by atoms with Gasteiger partial charge >= 0.3 is 5.97 Å². The van der Waals surface area contributed by atoms with Gasteiger partial charge in [0.25, 0.3) is 0 Å². The molecule has 1 aromatic carbocycles. The number of carboxylic acid groups (broad SMARTS) is 1. The van der Waals surface area contributed by atoms with Gasteiger partial charge in [-0.3, -0.25) is 4.79 Å². The van der Waals surface area contributed by atoms with Crippen molar-refractivity contribution in [3.8, 4) is 0 Å². The summed E-state index contributed by atoms with van der Waals surface area (Å²) in [5.41, 5.74) is 2.02. The van der Waals surface area contributed by atoms with Gasteiger partial charge in [-0.15, -0.1) is 0 Å². The van der Waals surface area contributed by atoms with Crippen LogP contribution >= 0.6 is 0 Å². The van der Waals surface area contributed by atoms with E-state index in [2.05, 4.69) is 0 Å². The fraction of sp³-hybridized carbons (Fsp3) is 0.400. The molecule has 0 aliphatic heterocycles. The Balaban J connectivity index is 2.24. The van der Waals surface area contributed by atoms with Crippen LogP contribution in [0.5, 0.6) is 0 Å². The minimum Gasteiger partial charge on any atom is -0.481 e. The van der Waals surface area contributed by atoms with Gasteiger partial charge in [-0.2, -0.15) is 0 Å². The number of benzene rings is 1. The summed E-state index contributed by atoms with van der Waals surface area (Å²) in [5.74, 6) is -0.718. The van der Waals surface area contributed by atoms with Crippen molar-refractivity contribution in [2.75, 3.05) is 0 Å². The number of carbonyl (C=O) groups is 1. The summed E-state index contributed by atoms with van der Waals surface area (Å²) < 4.78 is 5.53. The quantitative estimate of drug-likeness (QED) is 0.877. The molecule has 0 atom stereocenters. The lowest BCUT2D eigenvalue weighted by atomic mass is 9.79. The van der Waals surface area contributed by atoms with Crippen LogP contribution in [0.15, 0.2) is 28.9 Å². The second-order valence-electron chi connectivity index (χ2n) is 5.24. The van der Waals surface area contributed by atoms with Crippen LogP contribution in [0, 0.1) is 6.92 Å². The van der Waals surface area contributed by atoms with Crippen LogP contribution in [0.3, 0.4) is 0 Å². The Bertz CT molecular complexity index is 603. The molecule has 3 heteroatoms. The van der Waals surface area contributed by atoms with Crippen LogP contribution in [0.4, 0.5) is 0 Å². The van der Waals surface area contributed by atoms with Crippen molar-refractivity contribution >= 4 is 16.9 Å². The molecule has 1 N–H and O–H groups in total. The molecule has 2 aromatic rings. The van der Waals surface area contributed by atoms with Crippen LogP contribution in [0.2, 0.25) is 0 Å². The first-order chi connectivity index (χ1) is 8.63. The number of aliphatic carboxylic acids is 1. The molecule has 3 nitrogen and oxygen atoms in total. The lowest BCUT2D eigenvalue weighted by Gasteiger charge is -2.22. The van der Waals surface area contributed by atoms with E-state index in [0.717, 1.165) is 34.9 Å². The predicted molar refractivity (Wildman–Crippen MR) is 68.7 cm³/mol. The van der Waals surface area contributed by atoms with E-state index in [0.29, 0.717) is 12.8 Å². The Hall–Kier alpha value is -1.77. The minimum absolute atomic E-state index is 0.713. The van der Waals surface area contributed by atoms with Gasteiger partial charge in [-0.25, -0.2) is 0 Å². The largest absolute Gasteiger partial charge is 0.481 e. The third-order valence-electron chi connectivity index (χ3n) is 4.11. The highest BCUT2D eigenvalue weighted by Gasteiger charge is 2.44. The highest BCUT2D eigenvalue weighted by atomic mass is 16.4. The summed E-state index contributed by atoms with van der Waals surface area (Å²) in [5, 5.41) is 10.6. The molecule has 1 aromatic heterocycles. The molecular formula is C15H16O3. The van der Waals surface area contributed by atoms with E-state index in [1.54, 1.807) is 6.26 Å². The maximum atomic E-state index is 11.7. The zero-order valence-electron chi connectivity index (χ0n) is 10.4. The molecule has 1 aliphatic carbocycles. The molecule has 0 bridgehead atoms. The van der Waals surface area contributed by atoms with Gasteiger partial charge < -0.3 is 9.52 Å². The van der Waals surface area contributed by atoms with E-state index in [1.165, 1.54) is 0 Å². The average molecular weight is 244 g/mol. The van der Waals surface area contributed by atoms with Crippen molar-refractivity contribution in [3.05, 3.63) is 35.6 Å². The number of hydrogen-bond donors (Lipinski definition) is 1. The topological polar surface area (TPSA) is 50.4 Å². The van der Waals surface area contributed by atoms with Crippen LogP contribution in [0.25, 0.3) is 11.0 Å². The third-order valence-corrected chi connectivity index (χ3v) is 4.11. The van der Waals surface area contributed by atoms with E-state index in [-0.39, 0.29) is 0 Å². The van der Waals surface area contributed by atoms with Gasteiger partial charge in [0.1, 0.15) is 5.58 Å². The first-order valence-electron chi connectivity index (χ1n) is 6.35. The van der Waals surface area contributed by atoms with E-state index in [9.17, 15) is 9.90 Å². The van der Waals surface area contributed by atoms with Gasteiger partial charge in [0.05, 0.1) is 11.7 Å². The second-order valence-corrected chi connectivity index (χ2v) is 5.24. The summed E-state index contributed by atoms with van der Waals surface area (Å²) in [6, 6.07) is 5.92. The lowest BCUT2D eigenvalue weighted by Crippen LogP contribution is -2.32. The summed E-state index contributed by atoms with van der Waals surface area (Å²) in [6.45, 7) is 2.01. The van der Waals surface area contributed by atoms with Crippen LogP contribution < -0.4 is 0 Å². The molecule has 18 heavy (non-hydrogen) atoms. The normalized spacial score (nSPS) is 18.3. The highest BCUT2D eigenvalue weighted by molar-refractivity contribution is 5.91. The van der Waals surface area contributed by atoms with E-state index in [4.69, 9.17) is 4.42 Å². The van der Waals surface area contributed by atoms with Gasteiger partial charge in [-0.05, 0) is 31.9 Å². The Morgan fingerprint density at radius 1 is 1.33 bits per heavy atom.